The van der Waals surface area contributed by atoms with E-state index in [4.69, 9.17) is 5.26 Å². The second-order valence-corrected chi connectivity index (χ2v) is 5.15. The van der Waals surface area contributed by atoms with Crippen LogP contribution in [0.2, 0.25) is 0 Å². The molecule has 3 heteroatoms. The Morgan fingerprint density at radius 1 is 1.33 bits per heavy atom. The van der Waals surface area contributed by atoms with Gasteiger partial charge in [-0.2, -0.15) is 5.26 Å². The Labute approximate surface area is 109 Å². The van der Waals surface area contributed by atoms with Gasteiger partial charge in [0, 0.05) is 12.7 Å². The summed E-state index contributed by atoms with van der Waals surface area (Å²) in [5.74, 6) is 0.664. The fraction of sp³-hybridized carbons (Fsp3) is 0.400. The van der Waals surface area contributed by atoms with Crippen LogP contribution in [0.3, 0.4) is 0 Å². The molecule has 1 amide bonds. The molecule has 1 rings (SSSR count). The maximum atomic E-state index is 12.2. The molecule has 0 fully saturated rings. The molecule has 0 aliphatic rings. The summed E-state index contributed by atoms with van der Waals surface area (Å²) in [6.07, 6.45) is 0.486. The third-order valence-electron chi connectivity index (χ3n) is 2.82. The van der Waals surface area contributed by atoms with E-state index in [1.165, 1.54) is 0 Å². The number of nitrogens with zero attached hydrogens (tertiary/aromatic N) is 2. The second kappa shape index (κ2) is 5.68. The van der Waals surface area contributed by atoms with Gasteiger partial charge in [0.1, 0.15) is 0 Å². The maximum absolute atomic E-state index is 12.2. The zero-order chi connectivity index (χ0) is 13.8. The highest BCUT2D eigenvalue weighted by molar-refractivity contribution is 6.02. The minimum atomic E-state index is -0.503. The Kier molecular flexibility index (Phi) is 4.49. The molecule has 95 valence electrons. The Hall–Kier alpha value is -1.82. The smallest absolute Gasteiger partial charge is 0.233 e. The van der Waals surface area contributed by atoms with Crippen LogP contribution in [-0.2, 0) is 4.79 Å². The lowest BCUT2D eigenvalue weighted by Gasteiger charge is -2.24. The summed E-state index contributed by atoms with van der Waals surface area (Å²) in [6, 6.07) is 11.7. The van der Waals surface area contributed by atoms with E-state index in [0.29, 0.717) is 12.3 Å². The minimum Gasteiger partial charge on any atom is -0.315 e. The maximum Gasteiger partial charge on any atom is 0.233 e. The van der Waals surface area contributed by atoms with Crippen molar-refractivity contribution >= 4 is 11.6 Å². The molecule has 0 atom stereocenters. The summed E-state index contributed by atoms with van der Waals surface area (Å²) in [7, 11) is 1.75. The van der Waals surface area contributed by atoms with Crippen molar-refractivity contribution in [2.24, 2.45) is 5.41 Å². The van der Waals surface area contributed by atoms with E-state index in [1.54, 1.807) is 18.9 Å². The van der Waals surface area contributed by atoms with Gasteiger partial charge >= 0.3 is 0 Å². The van der Waals surface area contributed by atoms with Gasteiger partial charge in [-0.1, -0.05) is 18.2 Å². The van der Waals surface area contributed by atoms with Gasteiger partial charge in [0.15, 0.2) is 0 Å². The first-order valence-electron chi connectivity index (χ1n) is 5.94. The van der Waals surface area contributed by atoms with E-state index in [0.717, 1.165) is 5.69 Å². The van der Waals surface area contributed by atoms with Crippen LogP contribution in [0.1, 0.15) is 27.2 Å². The minimum absolute atomic E-state index is 0.0375. The number of benzene rings is 1. The van der Waals surface area contributed by atoms with Crippen LogP contribution < -0.4 is 4.90 Å². The molecular weight excluding hydrogens is 224 g/mol. The monoisotopic (exact) mass is 243 g/mol. The van der Waals surface area contributed by atoms with E-state index in [2.05, 4.69) is 6.07 Å². The summed E-state index contributed by atoms with van der Waals surface area (Å²) >= 11 is 0. The van der Waals surface area contributed by atoms with Gasteiger partial charge in [0.05, 0.1) is 17.4 Å². The van der Waals surface area contributed by atoms with Crippen LogP contribution in [0.4, 0.5) is 5.69 Å². The summed E-state index contributed by atoms with van der Waals surface area (Å²) < 4.78 is 0. The fourth-order valence-electron chi connectivity index (χ4n) is 1.83. The van der Waals surface area contributed by atoms with Crippen molar-refractivity contribution in [1.29, 1.82) is 5.26 Å². The third kappa shape index (κ3) is 3.59. The number of carbonyl (C=O) groups excluding carboxylic acids is 1. The number of hydrogen-bond acceptors (Lipinski definition) is 2. The molecule has 1 radical (unpaired) electrons. The lowest BCUT2D eigenvalue weighted by atomic mass is 9.84. The molecule has 0 N–H and O–H groups in total. The molecule has 0 aliphatic heterocycles. The van der Waals surface area contributed by atoms with Gasteiger partial charge in [0.25, 0.3) is 0 Å². The first-order valence-corrected chi connectivity index (χ1v) is 5.94. The molecular formula is C15H19N2O. The Balaban J connectivity index is 2.74. The fourth-order valence-corrected chi connectivity index (χ4v) is 1.83. The van der Waals surface area contributed by atoms with Crippen molar-refractivity contribution in [1.82, 2.24) is 0 Å². The number of para-hydroxylation sites is 1. The van der Waals surface area contributed by atoms with E-state index in [-0.39, 0.29) is 5.91 Å². The molecule has 0 spiro atoms. The molecule has 0 aromatic heterocycles. The Morgan fingerprint density at radius 3 is 2.39 bits per heavy atom. The quantitative estimate of drug-likeness (QED) is 0.815. The van der Waals surface area contributed by atoms with Gasteiger partial charge in [-0.25, -0.2) is 0 Å². The summed E-state index contributed by atoms with van der Waals surface area (Å²) in [5, 5.41) is 8.99. The van der Waals surface area contributed by atoms with E-state index < -0.39 is 5.41 Å². The van der Waals surface area contributed by atoms with Crippen molar-refractivity contribution in [2.75, 3.05) is 11.9 Å². The number of nitriles is 1. The first kappa shape index (κ1) is 14.2. The highest BCUT2D eigenvalue weighted by Crippen LogP contribution is 2.27. The van der Waals surface area contributed by atoms with Crippen LogP contribution in [0.25, 0.3) is 0 Å². The topological polar surface area (TPSA) is 44.1 Å². The highest BCUT2D eigenvalue weighted by atomic mass is 16.2. The zero-order valence-electron chi connectivity index (χ0n) is 11.4. The van der Waals surface area contributed by atoms with Crippen LogP contribution in [0, 0.1) is 22.7 Å². The predicted octanol–water partition coefficient (Wildman–Crippen LogP) is 3.18. The van der Waals surface area contributed by atoms with Crippen molar-refractivity contribution in [3.63, 3.8) is 0 Å². The van der Waals surface area contributed by atoms with Gasteiger partial charge in [-0.3, -0.25) is 4.79 Å². The van der Waals surface area contributed by atoms with Crippen LogP contribution >= 0.6 is 0 Å². The SMILES string of the molecule is C[C](CC(C)(C)C#N)C(=O)N(C)c1ccccc1. The molecule has 0 heterocycles. The van der Waals surface area contributed by atoms with E-state index in [9.17, 15) is 4.79 Å². The Morgan fingerprint density at radius 2 is 1.89 bits per heavy atom. The lowest BCUT2D eigenvalue weighted by Crippen LogP contribution is -2.32. The zero-order valence-corrected chi connectivity index (χ0v) is 11.4. The van der Waals surface area contributed by atoms with E-state index in [1.807, 2.05) is 44.2 Å². The number of amides is 1. The van der Waals surface area contributed by atoms with Crippen molar-refractivity contribution in [3.8, 4) is 6.07 Å². The second-order valence-electron chi connectivity index (χ2n) is 5.15. The molecule has 0 saturated carbocycles. The molecule has 0 unspecified atom stereocenters. The van der Waals surface area contributed by atoms with Crippen LogP contribution in [0.5, 0.6) is 0 Å². The number of anilines is 1. The number of rotatable bonds is 4. The molecule has 18 heavy (non-hydrogen) atoms. The molecule has 0 bridgehead atoms. The molecule has 0 aliphatic carbocycles. The average Bonchev–Trinajstić information content (AvgIpc) is 2.37. The standard InChI is InChI=1S/C15H19N2O/c1-12(10-15(2,3)11-16)14(18)17(4)13-8-6-5-7-9-13/h5-9H,10H2,1-4H3. The number of hydrogen-bond donors (Lipinski definition) is 0. The Bertz CT molecular complexity index is 445. The summed E-state index contributed by atoms with van der Waals surface area (Å²) in [5.41, 5.74) is 0.355. The lowest BCUT2D eigenvalue weighted by molar-refractivity contribution is -0.116. The molecule has 1 aromatic carbocycles. The highest BCUT2D eigenvalue weighted by Gasteiger charge is 2.27. The predicted molar refractivity (Wildman–Crippen MR) is 72.8 cm³/mol. The average molecular weight is 243 g/mol. The normalized spacial score (nSPS) is 11.1. The van der Waals surface area contributed by atoms with Gasteiger partial charge in [-0.15, -0.1) is 0 Å². The number of carbonyl (C=O) groups is 1. The summed E-state index contributed by atoms with van der Waals surface area (Å²) in [6.45, 7) is 5.47. The van der Waals surface area contributed by atoms with Gasteiger partial charge < -0.3 is 4.90 Å². The largest absolute Gasteiger partial charge is 0.315 e. The molecule has 3 nitrogen and oxygen atoms in total. The third-order valence-corrected chi connectivity index (χ3v) is 2.82. The summed E-state index contributed by atoms with van der Waals surface area (Å²) in [4.78, 5) is 13.8. The molecule has 1 aromatic rings. The van der Waals surface area contributed by atoms with Gasteiger partial charge in [0.2, 0.25) is 5.91 Å². The van der Waals surface area contributed by atoms with Crippen molar-refractivity contribution in [3.05, 3.63) is 36.2 Å². The van der Waals surface area contributed by atoms with Gasteiger partial charge in [-0.05, 0) is 39.3 Å². The molecule has 0 saturated heterocycles. The first-order chi connectivity index (χ1) is 8.37. The van der Waals surface area contributed by atoms with Crippen molar-refractivity contribution < 1.29 is 4.79 Å². The van der Waals surface area contributed by atoms with Crippen LogP contribution in [-0.4, -0.2) is 13.0 Å². The van der Waals surface area contributed by atoms with Crippen LogP contribution in [0.15, 0.2) is 30.3 Å². The van der Waals surface area contributed by atoms with E-state index >= 15 is 0 Å². The van der Waals surface area contributed by atoms with Crippen molar-refractivity contribution in [2.45, 2.75) is 27.2 Å².